The van der Waals surface area contributed by atoms with Gasteiger partial charge in [0.2, 0.25) is 0 Å². The second-order valence-electron chi connectivity index (χ2n) is 3.72. The third kappa shape index (κ3) is 2.76. The van der Waals surface area contributed by atoms with E-state index in [9.17, 15) is 26.3 Å². The molecule has 15 heavy (non-hydrogen) atoms. The average molecular weight is 236 g/mol. The van der Waals surface area contributed by atoms with Crippen molar-refractivity contribution < 1.29 is 31.4 Å². The SMILES string of the molecule is OC1CCCC1C(C(F)(F)F)C(F)(F)F. The van der Waals surface area contributed by atoms with Gasteiger partial charge in [0.25, 0.3) is 0 Å². The Kier molecular flexibility index (Phi) is 3.23. The van der Waals surface area contributed by atoms with Crippen LogP contribution in [0.4, 0.5) is 26.3 Å². The molecule has 0 aliphatic heterocycles. The molecule has 90 valence electrons. The van der Waals surface area contributed by atoms with Crippen molar-refractivity contribution in [2.75, 3.05) is 0 Å². The van der Waals surface area contributed by atoms with Crippen molar-refractivity contribution in [2.45, 2.75) is 37.7 Å². The first-order valence-electron chi connectivity index (χ1n) is 4.45. The molecule has 1 saturated carbocycles. The highest BCUT2D eigenvalue weighted by molar-refractivity contribution is 4.89. The van der Waals surface area contributed by atoms with Crippen molar-refractivity contribution in [1.29, 1.82) is 0 Å². The van der Waals surface area contributed by atoms with Gasteiger partial charge in [-0.2, -0.15) is 26.3 Å². The van der Waals surface area contributed by atoms with Crippen LogP contribution in [0, 0.1) is 11.8 Å². The Hall–Kier alpha value is -0.460. The molecular formula is C8H10F6O. The molecule has 1 fully saturated rings. The summed E-state index contributed by atoms with van der Waals surface area (Å²) >= 11 is 0. The van der Waals surface area contributed by atoms with Crippen molar-refractivity contribution in [3.63, 3.8) is 0 Å². The van der Waals surface area contributed by atoms with E-state index in [1.807, 2.05) is 0 Å². The maximum Gasteiger partial charge on any atom is 0.400 e. The molecule has 1 aliphatic rings. The quantitative estimate of drug-likeness (QED) is 0.694. The van der Waals surface area contributed by atoms with Gasteiger partial charge in [-0.3, -0.25) is 0 Å². The van der Waals surface area contributed by atoms with E-state index in [2.05, 4.69) is 0 Å². The van der Waals surface area contributed by atoms with Crippen LogP contribution < -0.4 is 0 Å². The molecule has 0 radical (unpaired) electrons. The molecule has 0 spiro atoms. The molecule has 0 heterocycles. The molecule has 0 aromatic heterocycles. The van der Waals surface area contributed by atoms with Crippen molar-refractivity contribution in [3.8, 4) is 0 Å². The second kappa shape index (κ2) is 3.84. The maximum atomic E-state index is 12.2. The third-order valence-corrected chi connectivity index (χ3v) is 2.67. The molecule has 0 amide bonds. The fourth-order valence-electron chi connectivity index (χ4n) is 2.03. The maximum absolute atomic E-state index is 12.2. The summed E-state index contributed by atoms with van der Waals surface area (Å²) in [5.74, 6) is -5.15. The third-order valence-electron chi connectivity index (χ3n) is 2.67. The molecule has 2 atom stereocenters. The Morgan fingerprint density at radius 1 is 0.933 bits per heavy atom. The Bertz CT molecular complexity index is 206. The largest absolute Gasteiger partial charge is 0.400 e. The van der Waals surface area contributed by atoms with Crippen LogP contribution in [0.1, 0.15) is 19.3 Å². The molecule has 0 aromatic rings. The highest BCUT2D eigenvalue weighted by Crippen LogP contribution is 2.48. The van der Waals surface area contributed by atoms with Gasteiger partial charge in [0.15, 0.2) is 5.92 Å². The van der Waals surface area contributed by atoms with E-state index in [4.69, 9.17) is 5.11 Å². The number of hydrogen-bond acceptors (Lipinski definition) is 1. The fraction of sp³-hybridized carbons (Fsp3) is 1.00. The summed E-state index contributed by atoms with van der Waals surface area (Å²) in [6, 6.07) is 0. The number of halogens is 6. The molecule has 1 nitrogen and oxygen atoms in total. The van der Waals surface area contributed by atoms with Crippen molar-refractivity contribution >= 4 is 0 Å². The first-order valence-corrected chi connectivity index (χ1v) is 4.45. The van der Waals surface area contributed by atoms with Crippen molar-refractivity contribution in [2.24, 2.45) is 11.8 Å². The van der Waals surface area contributed by atoms with Gasteiger partial charge in [0.05, 0.1) is 6.10 Å². The molecular weight excluding hydrogens is 226 g/mol. The van der Waals surface area contributed by atoms with Gasteiger partial charge < -0.3 is 5.11 Å². The number of hydrogen-bond donors (Lipinski definition) is 1. The van der Waals surface area contributed by atoms with E-state index < -0.39 is 30.3 Å². The summed E-state index contributed by atoms with van der Waals surface area (Å²) in [4.78, 5) is 0. The molecule has 7 heteroatoms. The zero-order valence-corrected chi connectivity index (χ0v) is 7.57. The minimum atomic E-state index is -5.34. The van der Waals surface area contributed by atoms with Crippen LogP contribution >= 0.6 is 0 Å². The predicted molar refractivity (Wildman–Crippen MR) is 38.9 cm³/mol. The van der Waals surface area contributed by atoms with Gasteiger partial charge in [-0.15, -0.1) is 0 Å². The van der Waals surface area contributed by atoms with E-state index in [0.717, 1.165) is 0 Å². The van der Waals surface area contributed by atoms with Crippen molar-refractivity contribution in [3.05, 3.63) is 0 Å². The predicted octanol–water partition coefficient (Wildman–Crippen LogP) is 2.89. The molecule has 1 N–H and O–H groups in total. The van der Waals surface area contributed by atoms with Crippen LogP contribution in [-0.2, 0) is 0 Å². The van der Waals surface area contributed by atoms with Crippen molar-refractivity contribution in [1.82, 2.24) is 0 Å². The Labute approximate surface area is 82.1 Å². The van der Waals surface area contributed by atoms with Gasteiger partial charge in [-0.1, -0.05) is 6.42 Å². The van der Waals surface area contributed by atoms with E-state index in [-0.39, 0.29) is 19.3 Å². The Morgan fingerprint density at radius 2 is 1.40 bits per heavy atom. The lowest BCUT2D eigenvalue weighted by Gasteiger charge is -2.29. The average Bonchev–Trinajstić information content (AvgIpc) is 2.30. The minimum absolute atomic E-state index is 0.00727. The second-order valence-corrected chi connectivity index (χ2v) is 3.72. The minimum Gasteiger partial charge on any atom is -0.393 e. The van der Waals surface area contributed by atoms with E-state index >= 15 is 0 Å². The summed E-state index contributed by atoms with van der Waals surface area (Å²) in [7, 11) is 0. The summed E-state index contributed by atoms with van der Waals surface area (Å²) in [6.07, 6.45) is -12.2. The van der Waals surface area contributed by atoms with Gasteiger partial charge in [0, 0.05) is 5.92 Å². The van der Waals surface area contributed by atoms with E-state index in [1.165, 1.54) is 0 Å². The highest BCUT2D eigenvalue weighted by atomic mass is 19.4. The zero-order chi connectivity index (χ0) is 11.9. The van der Waals surface area contributed by atoms with Gasteiger partial charge >= 0.3 is 12.4 Å². The molecule has 1 aliphatic carbocycles. The number of aliphatic hydroxyl groups excluding tert-OH is 1. The summed E-state index contributed by atoms with van der Waals surface area (Å²) in [5, 5.41) is 9.09. The van der Waals surface area contributed by atoms with Crippen LogP contribution in [-0.4, -0.2) is 23.6 Å². The lowest BCUT2D eigenvalue weighted by Crippen LogP contribution is -2.44. The molecule has 2 unspecified atom stereocenters. The topological polar surface area (TPSA) is 20.2 Å². The lowest BCUT2D eigenvalue weighted by atomic mass is 9.88. The first kappa shape index (κ1) is 12.6. The molecule has 0 aromatic carbocycles. The van der Waals surface area contributed by atoms with Crippen LogP contribution in [0.25, 0.3) is 0 Å². The van der Waals surface area contributed by atoms with E-state index in [1.54, 1.807) is 0 Å². The lowest BCUT2D eigenvalue weighted by molar-refractivity contribution is -0.303. The first-order chi connectivity index (χ1) is 6.64. The van der Waals surface area contributed by atoms with Gasteiger partial charge in [-0.05, 0) is 12.8 Å². The number of alkyl halides is 6. The Morgan fingerprint density at radius 3 is 1.67 bits per heavy atom. The molecule has 0 saturated heterocycles. The number of aliphatic hydroxyl groups is 1. The van der Waals surface area contributed by atoms with Crippen LogP contribution in [0.5, 0.6) is 0 Å². The smallest absolute Gasteiger partial charge is 0.393 e. The van der Waals surface area contributed by atoms with Gasteiger partial charge in [0.1, 0.15) is 0 Å². The van der Waals surface area contributed by atoms with Crippen LogP contribution in [0.3, 0.4) is 0 Å². The fourth-order valence-corrected chi connectivity index (χ4v) is 2.03. The highest BCUT2D eigenvalue weighted by Gasteiger charge is 2.61. The normalized spacial score (nSPS) is 28.8. The zero-order valence-electron chi connectivity index (χ0n) is 7.57. The Balaban J connectivity index is 2.91. The van der Waals surface area contributed by atoms with Gasteiger partial charge in [-0.25, -0.2) is 0 Å². The summed E-state index contributed by atoms with van der Waals surface area (Å²) in [6.45, 7) is 0. The monoisotopic (exact) mass is 236 g/mol. The standard InChI is InChI=1S/C8H10F6O/c9-7(10,11)6(8(12,13)14)4-2-1-3-5(4)15/h4-6,15H,1-3H2. The van der Waals surface area contributed by atoms with E-state index in [0.29, 0.717) is 0 Å². The summed E-state index contributed by atoms with van der Waals surface area (Å²) < 4.78 is 73.3. The number of rotatable bonds is 1. The van der Waals surface area contributed by atoms with Crippen LogP contribution in [0.15, 0.2) is 0 Å². The van der Waals surface area contributed by atoms with Crippen LogP contribution in [0.2, 0.25) is 0 Å². The summed E-state index contributed by atoms with van der Waals surface area (Å²) in [5.41, 5.74) is 0. The molecule has 1 rings (SSSR count). The molecule has 0 bridgehead atoms.